The Balaban J connectivity index is 3.24. The molecule has 0 N–H and O–H groups in total. The van der Waals surface area contributed by atoms with Crippen LogP contribution >= 0.6 is 34.8 Å². The van der Waals surface area contributed by atoms with E-state index in [1.165, 1.54) is 19.2 Å². The van der Waals surface area contributed by atoms with Gasteiger partial charge in [-0.3, -0.25) is 4.79 Å². The lowest BCUT2D eigenvalue weighted by molar-refractivity contribution is 0.0597. The summed E-state index contributed by atoms with van der Waals surface area (Å²) < 4.78 is 2.43. The van der Waals surface area contributed by atoms with E-state index in [0.717, 1.165) is 0 Å². The van der Waals surface area contributed by atoms with E-state index in [1.807, 2.05) is 0 Å². The average Bonchev–Trinajstić information content (AvgIpc) is 2.25. The summed E-state index contributed by atoms with van der Waals surface area (Å²) in [4.78, 5) is 23.1. The molecule has 1 aromatic carbocycles. The zero-order chi connectivity index (χ0) is 12.3. The second kappa shape index (κ2) is 5.04. The first-order valence-electron chi connectivity index (χ1n) is 4.16. The number of halogens is 3. The molecule has 0 unspecified atom stereocenters. The fourth-order valence-corrected chi connectivity index (χ4v) is 1.43. The predicted molar refractivity (Wildman–Crippen MR) is 62.4 cm³/mol. The molecule has 0 amide bonds. The molecular weight excluding hydrogens is 274 g/mol. The van der Waals surface area contributed by atoms with Crippen LogP contribution in [0.25, 0.3) is 0 Å². The van der Waals surface area contributed by atoms with Gasteiger partial charge in [0.15, 0.2) is 0 Å². The molecule has 0 saturated carbocycles. The van der Waals surface area contributed by atoms with Crippen LogP contribution in [0, 0.1) is 0 Å². The van der Waals surface area contributed by atoms with E-state index in [1.54, 1.807) is 12.1 Å². The molecule has 0 aromatic heterocycles. The molecule has 0 aliphatic rings. The summed E-state index contributed by atoms with van der Waals surface area (Å²) in [5.74, 6) is -1.42. The predicted octanol–water partition coefficient (Wildman–Crippen LogP) is 3.03. The molecule has 3 nitrogen and oxygen atoms in total. The van der Waals surface area contributed by atoms with Crippen molar-refractivity contribution in [3.63, 3.8) is 0 Å². The quantitative estimate of drug-likeness (QED) is 0.475. The van der Waals surface area contributed by atoms with Gasteiger partial charge in [-0.2, -0.15) is 0 Å². The van der Waals surface area contributed by atoms with Crippen molar-refractivity contribution < 1.29 is 14.3 Å². The van der Waals surface area contributed by atoms with Crippen LogP contribution in [0.5, 0.6) is 0 Å². The number of esters is 1. The van der Waals surface area contributed by atoms with Crippen molar-refractivity contribution in [2.75, 3.05) is 7.11 Å². The molecule has 0 radical (unpaired) electrons. The molecule has 0 heterocycles. The number of ether oxygens (including phenoxy) is 1. The van der Waals surface area contributed by atoms with Crippen molar-refractivity contribution in [1.29, 1.82) is 0 Å². The number of Topliss-reactive ketones (excluding diaryl/α,β-unsaturated/α-hetero) is 1. The number of methoxy groups -OCH3 is 1. The smallest absolute Gasteiger partial charge is 0.338 e. The van der Waals surface area contributed by atoms with Gasteiger partial charge in [0, 0.05) is 5.56 Å². The van der Waals surface area contributed by atoms with E-state index in [-0.39, 0.29) is 11.1 Å². The van der Waals surface area contributed by atoms with Crippen LogP contribution in [0.2, 0.25) is 0 Å². The van der Waals surface area contributed by atoms with Gasteiger partial charge in [-0.25, -0.2) is 4.79 Å². The van der Waals surface area contributed by atoms with Gasteiger partial charge in [-0.1, -0.05) is 53.0 Å². The van der Waals surface area contributed by atoms with Crippen LogP contribution in [0.3, 0.4) is 0 Å². The third-order valence-corrected chi connectivity index (χ3v) is 2.35. The Hall–Kier alpha value is -0.770. The molecule has 0 aliphatic carbocycles. The highest BCUT2D eigenvalue weighted by Crippen LogP contribution is 2.31. The Morgan fingerprint density at radius 1 is 1.12 bits per heavy atom. The number of rotatable bonds is 2. The Morgan fingerprint density at radius 2 is 1.62 bits per heavy atom. The lowest BCUT2D eigenvalue weighted by Gasteiger charge is -2.11. The van der Waals surface area contributed by atoms with Gasteiger partial charge in [0.05, 0.1) is 12.7 Å². The molecule has 0 spiro atoms. The molecule has 0 fully saturated rings. The van der Waals surface area contributed by atoms with Crippen LogP contribution < -0.4 is 0 Å². The zero-order valence-electron chi connectivity index (χ0n) is 8.17. The summed E-state index contributed by atoms with van der Waals surface area (Å²) in [5, 5.41) is 0. The SMILES string of the molecule is COC(=O)c1ccccc1C(=O)C(Cl)(Cl)Cl. The van der Waals surface area contributed by atoms with Crippen molar-refractivity contribution in [2.45, 2.75) is 3.79 Å². The van der Waals surface area contributed by atoms with E-state index >= 15 is 0 Å². The third kappa shape index (κ3) is 2.88. The Bertz CT molecular complexity index is 424. The van der Waals surface area contributed by atoms with Crippen molar-refractivity contribution in [3.8, 4) is 0 Å². The molecule has 86 valence electrons. The summed E-state index contributed by atoms with van der Waals surface area (Å²) in [5.41, 5.74) is 0.0932. The monoisotopic (exact) mass is 280 g/mol. The summed E-state index contributed by atoms with van der Waals surface area (Å²) in [7, 11) is 1.21. The van der Waals surface area contributed by atoms with Crippen LogP contribution in [-0.2, 0) is 4.74 Å². The molecule has 16 heavy (non-hydrogen) atoms. The van der Waals surface area contributed by atoms with Gasteiger partial charge in [-0.05, 0) is 6.07 Å². The Labute approximate surface area is 107 Å². The van der Waals surface area contributed by atoms with E-state index in [4.69, 9.17) is 34.8 Å². The molecule has 1 aromatic rings. The van der Waals surface area contributed by atoms with Gasteiger partial charge < -0.3 is 4.74 Å². The van der Waals surface area contributed by atoms with E-state index < -0.39 is 15.5 Å². The van der Waals surface area contributed by atoms with Crippen LogP contribution in [0.4, 0.5) is 0 Å². The Kier molecular flexibility index (Phi) is 4.19. The number of carbonyl (C=O) groups excluding carboxylic acids is 2. The topological polar surface area (TPSA) is 43.4 Å². The minimum atomic E-state index is -2.09. The number of hydrogen-bond acceptors (Lipinski definition) is 3. The van der Waals surface area contributed by atoms with Crippen molar-refractivity contribution in [1.82, 2.24) is 0 Å². The molecule has 0 bridgehead atoms. The molecule has 1 rings (SSSR count). The first-order valence-corrected chi connectivity index (χ1v) is 5.30. The summed E-state index contributed by atoms with van der Waals surface area (Å²) >= 11 is 16.4. The lowest BCUT2D eigenvalue weighted by Crippen LogP contribution is -2.22. The standard InChI is InChI=1S/C10H7Cl3O3/c1-16-9(15)7-5-3-2-4-6(7)8(14)10(11,12)13/h2-5H,1H3. The van der Waals surface area contributed by atoms with Gasteiger partial charge in [0.1, 0.15) is 0 Å². The first kappa shape index (κ1) is 13.3. The van der Waals surface area contributed by atoms with E-state index in [2.05, 4.69) is 4.74 Å². The number of benzene rings is 1. The molecular formula is C10H7Cl3O3. The van der Waals surface area contributed by atoms with Gasteiger partial charge in [-0.15, -0.1) is 0 Å². The van der Waals surface area contributed by atoms with Gasteiger partial charge >= 0.3 is 5.97 Å². The van der Waals surface area contributed by atoms with Gasteiger partial charge in [0.2, 0.25) is 5.78 Å². The third-order valence-electron chi connectivity index (χ3n) is 1.83. The van der Waals surface area contributed by atoms with Crippen molar-refractivity contribution in [2.24, 2.45) is 0 Å². The average molecular weight is 282 g/mol. The van der Waals surface area contributed by atoms with Crippen LogP contribution in [0.1, 0.15) is 20.7 Å². The highest BCUT2D eigenvalue weighted by Gasteiger charge is 2.34. The number of carbonyl (C=O) groups is 2. The largest absolute Gasteiger partial charge is 0.465 e. The number of ketones is 1. The number of alkyl halides is 3. The summed E-state index contributed by atoms with van der Waals surface area (Å²) in [6, 6.07) is 5.98. The molecule has 0 aliphatic heterocycles. The fraction of sp³-hybridized carbons (Fsp3) is 0.200. The van der Waals surface area contributed by atoms with Gasteiger partial charge in [0.25, 0.3) is 3.79 Å². The fourth-order valence-electron chi connectivity index (χ4n) is 1.12. The zero-order valence-corrected chi connectivity index (χ0v) is 10.4. The second-order valence-electron chi connectivity index (χ2n) is 2.86. The minimum Gasteiger partial charge on any atom is -0.465 e. The van der Waals surface area contributed by atoms with Crippen molar-refractivity contribution >= 4 is 46.6 Å². The van der Waals surface area contributed by atoms with Crippen LogP contribution in [-0.4, -0.2) is 22.7 Å². The minimum absolute atomic E-state index is 0.0225. The molecule has 6 heteroatoms. The van der Waals surface area contributed by atoms with E-state index in [0.29, 0.717) is 0 Å². The van der Waals surface area contributed by atoms with Crippen molar-refractivity contribution in [3.05, 3.63) is 35.4 Å². The summed E-state index contributed by atoms with van der Waals surface area (Å²) in [6.07, 6.45) is 0. The maximum absolute atomic E-state index is 11.7. The number of hydrogen-bond donors (Lipinski definition) is 0. The highest BCUT2D eigenvalue weighted by atomic mass is 35.6. The maximum atomic E-state index is 11.7. The second-order valence-corrected chi connectivity index (χ2v) is 5.15. The normalized spacial score (nSPS) is 11.0. The van der Waals surface area contributed by atoms with E-state index in [9.17, 15) is 9.59 Å². The Morgan fingerprint density at radius 3 is 2.06 bits per heavy atom. The first-order chi connectivity index (χ1) is 7.38. The maximum Gasteiger partial charge on any atom is 0.338 e. The van der Waals surface area contributed by atoms with Crippen LogP contribution in [0.15, 0.2) is 24.3 Å². The lowest BCUT2D eigenvalue weighted by atomic mass is 10.0. The highest BCUT2D eigenvalue weighted by molar-refractivity contribution is 6.77. The molecule has 0 atom stereocenters. The summed E-state index contributed by atoms with van der Waals surface area (Å²) in [6.45, 7) is 0. The molecule has 0 saturated heterocycles.